The molecule has 0 radical (unpaired) electrons. The van der Waals surface area contributed by atoms with Crippen molar-refractivity contribution in [2.45, 2.75) is 59.7 Å². The fraction of sp³-hybridized carbons (Fsp3) is 0.875. The summed E-state index contributed by atoms with van der Waals surface area (Å²) < 4.78 is 17.1. The molecule has 3 heteroatoms. The zero-order chi connectivity index (χ0) is 14.1. The molecule has 0 spiro atoms. The molecule has 110 valence electrons. The minimum absolute atomic E-state index is 0.104. The number of rotatable bonds is 3. The molecule has 0 aromatic heterocycles. The largest absolute Gasteiger partial charge is 0.494 e. The Kier molecular flexibility index (Phi) is 4.14. The molecule has 1 fully saturated rings. The molecule has 2 heterocycles. The quantitative estimate of drug-likeness (QED) is 0.780. The van der Waals surface area contributed by atoms with Crippen molar-refractivity contribution < 1.29 is 14.2 Å². The first kappa shape index (κ1) is 14.7. The highest BCUT2D eigenvalue weighted by molar-refractivity contribution is 4.92. The van der Waals surface area contributed by atoms with E-state index in [0.29, 0.717) is 18.6 Å². The van der Waals surface area contributed by atoms with Crippen molar-refractivity contribution in [1.29, 1.82) is 0 Å². The van der Waals surface area contributed by atoms with Gasteiger partial charge in [0.1, 0.15) is 25.2 Å². The molecule has 2 aliphatic rings. The molecule has 19 heavy (non-hydrogen) atoms. The average molecular weight is 268 g/mol. The molecule has 0 amide bonds. The molecule has 3 unspecified atom stereocenters. The number of hydrogen-bond donors (Lipinski definition) is 0. The number of ether oxygens (including phenoxy) is 3. The van der Waals surface area contributed by atoms with Crippen LogP contribution < -0.4 is 0 Å². The predicted molar refractivity (Wildman–Crippen MR) is 75.7 cm³/mol. The first-order valence-electron chi connectivity index (χ1n) is 7.34. The van der Waals surface area contributed by atoms with Gasteiger partial charge in [0.25, 0.3) is 0 Å². The highest BCUT2D eigenvalue weighted by atomic mass is 16.6. The van der Waals surface area contributed by atoms with E-state index in [-0.39, 0.29) is 16.9 Å². The summed E-state index contributed by atoms with van der Waals surface area (Å²) in [5, 5.41) is 0. The Balaban J connectivity index is 2.00. The van der Waals surface area contributed by atoms with E-state index in [1.165, 1.54) is 0 Å². The van der Waals surface area contributed by atoms with Gasteiger partial charge in [-0.15, -0.1) is 0 Å². The van der Waals surface area contributed by atoms with Crippen molar-refractivity contribution in [2.75, 3.05) is 13.2 Å². The van der Waals surface area contributed by atoms with E-state index in [2.05, 4.69) is 34.6 Å². The average Bonchev–Trinajstić information content (AvgIpc) is 2.77. The maximum Gasteiger partial charge on any atom is 0.137 e. The summed E-state index contributed by atoms with van der Waals surface area (Å²) in [5.41, 5.74) is 0.313. The second-order valence-corrected chi connectivity index (χ2v) is 7.63. The lowest BCUT2D eigenvalue weighted by molar-refractivity contribution is -0.0591. The van der Waals surface area contributed by atoms with Crippen LogP contribution in [0.4, 0.5) is 0 Å². The van der Waals surface area contributed by atoms with E-state index in [1.807, 2.05) is 0 Å². The van der Waals surface area contributed by atoms with Crippen LogP contribution in [0.1, 0.15) is 47.5 Å². The van der Waals surface area contributed by atoms with Gasteiger partial charge in [0.05, 0.1) is 6.10 Å². The monoisotopic (exact) mass is 268 g/mol. The van der Waals surface area contributed by atoms with Crippen molar-refractivity contribution in [3.05, 3.63) is 12.5 Å². The van der Waals surface area contributed by atoms with E-state index in [1.54, 1.807) is 12.5 Å². The zero-order valence-corrected chi connectivity index (χ0v) is 12.9. The summed E-state index contributed by atoms with van der Waals surface area (Å²) in [5.74, 6) is 0.615. The Morgan fingerprint density at radius 1 is 1.11 bits per heavy atom. The molecule has 2 aliphatic heterocycles. The molecule has 1 saturated heterocycles. The molecular formula is C16H28O3. The van der Waals surface area contributed by atoms with Gasteiger partial charge in [-0.1, -0.05) is 34.6 Å². The van der Waals surface area contributed by atoms with Gasteiger partial charge in [0.2, 0.25) is 0 Å². The van der Waals surface area contributed by atoms with Gasteiger partial charge in [0, 0.05) is 12.0 Å². The maximum absolute atomic E-state index is 5.98. The van der Waals surface area contributed by atoms with Gasteiger partial charge in [-0.25, -0.2) is 0 Å². The first-order valence-corrected chi connectivity index (χ1v) is 7.34. The van der Waals surface area contributed by atoms with E-state index in [0.717, 1.165) is 19.4 Å². The van der Waals surface area contributed by atoms with Crippen LogP contribution in [0.5, 0.6) is 0 Å². The van der Waals surface area contributed by atoms with E-state index in [4.69, 9.17) is 14.2 Å². The topological polar surface area (TPSA) is 27.7 Å². The molecule has 2 rings (SSSR count). The third kappa shape index (κ3) is 3.44. The first-order chi connectivity index (χ1) is 8.81. The fourth-order valence-corrected chi connectivity index (χ4v) is 3.37. The lowest BCUT2D eigenvalue weighted by Crippen LogP contribution is -2.40. The molecule has 0 aromatic rings. The second-order valence-electron chi connectivity index (χ2n) is 7.63. The van der Waals surface area contributed by atoms with Crippen LogP contribution in [0.25, 0.3) is 0 Å². The predicted octanol–water partition coefficient (Wildman–Crippen LogP) is 3.74. The van der Waals surface area contributed by atoms with Crippen LogP contribution in [-0.2, 0) is 14.2 Å². The van der Waals surface area contributed by atoms with Crippen LogP contribution in [0, 0.1) is 16.7 Å². The molecular weight excluding hydrogens is 240 g/mol. The summed E-state index contributed by atoms with van der Waals surface area (Å²) >= 11 is 0. The Labute approximate surface area is 117 Å². The fourth-order valence-electron chi connectivity index (χ4n) is 3.37. The minimum Gasteiger partial charge on any atom is -0.494 e. The summed E-state index contributed by atoms with van der Waals surface area (Å²) in [7, 11) is 0. The third-order valence-electron chi connectivity index (χ3n) is 4.37. The Hall–Kier alpha value is -0.700. The van der Waals surface area contributed by atoms with Crippen LogP contribution in [0.3, 0.4) is 0 Å². The Morgan fingerprint density at radius 2 is 1.84 bits per heavy atom. The van der Waals surface area contributed by atoms with Crippen LogP contribution >= 0.6 is 0 Å². The Morgan fingerprint density at radius 3 is 2.42 bits per heavy atom. The van der Waals surface area contributed by atoms with Gasteiger partial charge >= 0.3 is 0 Å². The Bertz CT molecular complexity index is 327. The van der Waals surface area contributed by atoms with Crippen molar-refractivity contribution in [3.63, 3.8) is 0 Å². The maximum atomic E-state index is 5.98. The second kappa shape index (κ2) is 5.35. The highest BCUT2D eigenvalue weighted by Crippen LogP contribution is 2.42. The molecule has 3 atom stereocenters. The van der Waals surface area contributed by atoms with Gasteiger partial charge in [0.15, 0.2) is 0 Å². The zero-order valence-electron chi connectivity index (χ0n) is 12.9. The molecule has 0 aliphatic carbocycles. The summed E-state index contributed by atoms with van der Waals surface area (Å²) in [6.07, 6.45) is 6.07. The van der Waals surface area contributed by atoms with E-state index < -0.39 is 0 Å². The third-order valence-corrected chi connectivity index (χ3v) is 4.37. The smallest absolute Gasteiger partial charge is 0.137 e. The van der Waals surface area contributed by atoms with Crippen molar-refractivity contribution in [2.24, 2.45) is 16.7 Å². The van der Waals surface area contributed by atoms with Crippen LogP contribution in [0.15, 0.2) is 12.5 Å². The molecule has 0 N–H and O–H groups in total. The van der Waals surface area contributed by atoms with Crippen LogP contribution in [-0.4, -0.2) is 25.4 Å². The summed E-state index contributed by atoms with van der Waals surface area (Å²) in [4.78, 5) is 0. The lowest BCUT2D eigenvalue weighted by atomic mass is 9.72. The number of hydrogen-bond acceptors (Lipinski definition) is 3. The van der Waals surface area contributed by atoms with E-state index in [9.17, 15) is 0 Å². The highest BCUT2D eigenvalue weighted by Gasteiger charge is 2.42. The van der Waals surface area contributed by atoms with Crippen LogP contribution in [0.2, 0.25) is 0 Å². The lowest BCUT2D eigenvalue weighted by Gasteiger charge is -2.39. The summed E-state index contributed by atoms with van der Waals surface area (Å²) in [6, 6.07) is 0. The standard InChI is InChI=1S/C16H28O3/c1-15(2,3)14-12(6-7-19-14)10-16(4,5)13-11-17-8-9-18-13/h8-9,12-14H,6-7,10-11H2,1-5H3. The van der Waals surface area contributed by atoms with Gasteiger partial charge in [-0.2, -0.15) is 0 Å². The molecule has 0 saturated carbocycles. The normalized spacial score (nSPS) is 31.9. The molecule has 0 aromatic carbocycles. The molecule has 0 bridgehead atoms. The van der Waals surface area contributed by atoms with Crippen molar-refractivity contribution in [3.8, 4) is 0 Å². The minimum atomic E-state index is 0.104. The van der Waals surface area contributed by atoms with Crippen molar-refractivity contribution in [1.82, 2.24) is 0 Å². The van der Waals surface area contributed by atoms with Gasteiger partial charge < -0.3 is 14.2 Å². The van der Waals surface area contributed by atoms with E-state index >= 15 is 0 Å². The van der Waals surface area contributed by atoms with Gasteiger partial charge in [-0.3, -0.25) is 0 Å². The van der Waals surface area contributed by atoms with Crippen molar-refractivity contribution >= 4 is 0 Å². The summed E-state index contributed by atoms with van der Waals surface area (Å²) in [6.45, 7) is 12.9. The molecule has 3 nitrogen and oxygen atoms in total. The SMILES string of the molecule is CC(C)(C)C1OCCC1CC(C)(C)C1COC=CO1. The van der Waals surface area contributed by atoms with Gasteiger partial charge in [-0.05, 0) is 24.2 Å².